The molecule has 1 saturated carbocycles. The van der Waals surface area contributed by atoms with Crippen LogP contribution in [0.25, 0.3) is 0 Å². The lowest BCUT2D eigenvalue weighted by Crippen LogP contribution is -2.25. The minimum atomic E-state index is -2.87. The lowest BCUT2D eigenvalue weighted by molar-refractivity contribution is 0.138. The van der Waals surface area contributed by atoms with Gasteiger partial charge < -0.3 is 10.5 Å². The molecule has 1 fully saturated rings. The maximum atomic E-state index is 11.0. The Bertz CT molecular complexity index is 275. The molecule has 1 aliphatic rings. The van der Waals surface area contributed by atoms with Crippen molar-refractivity contribution in [2.45, 2.75) is 6.42 Å². The zero-order valence-electron chi connectivity index (χ0n) is 8.12. The fourth-order valence-corrected chi connectivity index (χ4v) is 3.01. The van der Waals surface area contributed by atoms with Crippen LogP contribution in [-0.4, -0.2) is 40.7 Å². The molecule has 2 atom stereocenters. The van der Waals surface area contributed by atoms with Gasteiger partial charge in [0.2, 0.25) is 0 Å². The zero-order valence-corrected chi connectivity index (χ0v) is 8.93. The molecule has 5 heteroatoms. The first-order valence-electron chi connectivity index (χ1n) is 4.30. The maximum Gasteiger partial charge on any atom is 0.147 e. The van der Waals surface area contributed by atoms with Crippen LogP contribution in [0.2, 0.25) is 0 Å². The molecule has 0 aliphatic heterocycles. The summed E-state index contributed by atoms with van der Waals surface area (Å²) in [6.45, 7) is 1.09. The molecule has 0 aromatic carbocycles. The monoisotopic (exact) mass is 207 g/mol. The van der Waals surface area contributed by atoms with E-state index in [1.54, 1.807) is 7.11 Å². The van der Waals surface area contributed by atoms with Gasteiger partial charge in [-0.15, -0.1) is 0 Å². The molecule has 0 aromatic heterocycles. The number of rotatable bonds is 5. The van der Waals surface area contributed by atoms with Crippen LogP contribution in [0, 0.1) is 11.3 Å². The van der Waals surface area contributed by atoms with Gasteiger partial charge in [0.1, 0.15) is 9.84 Å². The summed E-state index contributed by atoms with van der Waals surface area (Å²) in [6.07, 6.45) is 2.14. The molecular formula is C8H17NO3S. The first-order chi connectivity index (χ1) is 5.93. The molecular weight excluding hydrogens is 190 g/mol. The van der Waals surface area contributed by atoms with Gasteiger partial charge in [-0.2, -0.15) is 0 Å². The van der Waals surface area contributed by atoms with Crippen LogP contribution in [0.4, 0.5) is 0 Å². The molecule has 0 bridgehead atoms. The van der Waals surface area contributed by atoms with Crippen LogP contribution in [0.1, 0.15) is 6.42 Å². The second-order valence-corrected chi connectivity index (χ2v) is 6.18. The standard InChI is InChI=1S/C8H17NO3S/c1-12-6-8(5-9)3-7(8)4-13(2,10)11/h7H,3-6,9H2,1-2H3/t7-,8+/m1/s1. The summed E-state index contributed by atoms with van der Waals surface area (Å²) < 4.78 is 27.0. The zero-order chi connectivity index (χ0) is 10.1. The molecule has 0 amide bonds. The van der Waals surface area contributed by atoms with E-state index in [4.69, 9.17) is 10.5 Å². The van der Waals surface area contributed by atoms with Crippen LogP contribution in [0.5, 0.6) is 0 Å². The van der Waals surface area contributed by atoms with E-state index in [0.717, 1.165) is 6.42 Å². The summed E-state index contributed by atoms with van der Waals surface area (Å²) in [5.41, 5.74) is 5.53. The second kappa shape index (κ2) is 3.55. The Balaban J connectivity index is 2.51. The predicted octanol–water partition coefficient (Wildman–Crippen LogP) is -0.358. The van der Waals surface area contributed by atoms with Crippen LogP contribution < -0.4 is 5.73 Å². The minimum Gasteiger partial charge on any atom is -0.384 e. The molecule has 78 valence electrons. The molecule has 13 heavy (non-hydrogen) atoms. The number of sulfone groups is 1. The summed E-state index contributed by atoms with van der Waals surface area (Å²) in [4.78, 5) is 0. The summed E-state index contributed by atoms with van der Waals surface area (Å²) in [5, 5.41) is 0. The van der Waals surface area contributed by atoms with Crippen molar-refractivity contribution in [2.24, 2.45) is 17.1 Å². The SMILES string of the molecule is COC[C@@]1(CN)C[C@@H]1CS(C)(=O)=O. The van der Waals surface area contributed by atoms with E-state index in [-0.39, 0.29) is 17.1 Å². The quantitative estimate of drug-likeness (QED) is 0.668. The normalized spacial score (nSPS) is 33.3. The molecule has 0 spiro atoms. The van der Waals surface area contributed by atoms with Gasteiger partial charge in [-0.05, 0) is 12.3 Å². The van der Waals surface area contributed by atoms with Gasteiger partial charge in [0.05, 0.1) is 12.4 Å². The highest BCUT2D eigenvalue weighted by molar-refractivity contribution is 7.90. The van der Waals surface area contributed by atoms with E-state index in [9.17, 15) is 8.42 Å². The highest BCUT2D eigenvalue weighted by Crippen LogP contribution is 2.52. The Morgan fingerprint density at radius 3 is 2.62 bits per heavy atom. The summed E-state index contributed by atoms with van der Waals surface area (Å²) in [5.74, 6) is 0.445. The topological polar surface area (TPSA) is 69.4 Å². The average molecular weight is 207 g/mol. The average Bonchev–Trinajstić information content (AvgIpc) is 2.61. The number of ether oxygens (including phenoxy) is 1. The summed E-state index contributed by atoms with van der Waals surface area (Å²) in [7, 11) is -1.25. The lowest BCUT2D eigenvalue weighted by atomic mass is 10.1. The molecule has 0 unspecified atom stereocenters. The predicted molar refractivity (Wildman–Crippen MR) is 51.2 cm³/mol. The second-order valence-electron chi connectivity index (χ2n) is 3.99. The van der Waals surface area contributed by atoms with Crippen molar-refractivity contribution in [2.75, 3.05) is 32.3 Å². The van der Waals surface area contributed by atoms with Crippen molar-refractivity contribution in [3.8, 4) is 0 Å². The van der Waals surface area contributed by atoms with Crippen molar-refractivity contribution in [3.63, 3.8) is 0 Å². The van der Waals surface area contributed by atoms with Crippen molar-refractivity contribution >= 4 is 9.84 Å². The van der Waals surface area contributed by atoms with Crippen molar-refractivity contribution in [3.05, 3.63) is 0 Å². The molecule has 1 aliphatic carbocycles. The van der Waals surface area contributed by atoms with Gasteiger partial charge >= 0.3 is 0 Å². The summed E-state index contributed by atoms with van der Waals surface area (Å²) >= 11 is 0. The Morgan fingerprint density at radius 1 is 1.62 bits per heavy atom. The molecule has 4 nitrogen and oxygen atoms in total. The van der Waals surface area contributed by atoms with Crippen LogP contribution >= 0.6 is 0 Å². The van der Waals surface area contributed by atoms with Gasteiger partial charge in [-0.1, -0.05) is 0 Å². The smallest absolute Gasteiger partial charge is 0.147 e. The Hall–Kier alpha value is -0.130. The Labute approximate surface area is 79.4 Å². The first-order valence-corrected chi connectivity index (χ1v) is 6.36. The van der Waals surface area contributed by atoms with Gasteiger partial charge in [-0.3, -0.25) is 0 Å². The van der Waals surface area contributed by atoms with Crippen molar-refractivity contribution in [1.82, 2.24) is 0 Å². The number of hydrogen-bond acceptors (Lipinski definition) is 4. The fourth-order valence-electron chi connectivity index (χ4n) is 1.81. The third-order valence-corrected chi connectivity index (χ3v) is 3.71. The van der Waals surface area contributed by atoms with Crippen molar-refractivity contribution in [1.29, 1.82) is 0 Å². The van der Waals surface area contributed by atoms with E-state index < -0.39 is 9.84 Å². The molecule has 1 rings (SSSR count). The first kappa shape index (κ1) is 10.9. The van der Waals surface area contributed by atoms with Gasteiger partial charge in [0.25, 0.3) is 0 Å². The Morgan fingerprint density at radius 2 is 2.23 bits per heavy atom. The van der Waals surface area contributed by atoms with Crippen LogP contribution in [0.3, 0.4) is 0 Å². The number of nitrogens with two attached hydrogens (primary N) is 1. The summed E-state index contributed by atoms with van der Waals surface area (Å²) in [6, 6.07) is 0. The molecule has 2 N–H and O–H groups in total. The number of methoxy groups -OCH3 is 1. The van der Waals surface area contributed by atoms with Crippen LogP contribution in [0.15, 0.2) is 0 Å². The largest absolute Gasteiger partial charge is 0.384 e. The molecule has 0 saturated heterocycles. The van der Waals surface area contributed by atoms with E-state index in [1.807, 2.05) is 0 Å². The molecule has 0 aromatic rings. The Kier molecular flexibility index (Phi) is 2.99. The van der Waals surface area contributed by atoms with E-state index >= 15 is 0 Å². The van der Waals surface area contributed by atoms with E-state index in [2.05, 4.69) is 0 Å². The van der Waals surface area contributed by atoms with Gasteiger partial charge in [-0.25, -0.2) is 8.42 Å². The minimum absolute atomic E-state index is 0.0577. The van der Waals surface area contributed by atoms with Gasteiger partial charge in [0.15, 0.2) is 0 Å². The number of hydrogen-bond donors (Lipinski definition) is 1. The third kappa shape index (κ3) is 2.65. The highest BCUT2D eigenvalue weighted by Gasteiger charge is 2.53. The van der Waals surface area contributed by atoms with Crippen molar-refractivity contribution < 1.29 is 13.2 Å². The highest BCUT2D eigenvalue weighted by atomic mass is 32.2. The lowest BCUT2D eigenvalue weighted by Gasteiger charge is -2.12. The van der Waals surface area contributed by atoms with Gasteiger partial charge in [0, 0.05) is 25.3 Å². The van der Waals surface area contributed by atoms with E-state index in [1.165, 1.54) is 6.26 Å². The third-order valence-electron chi connectivity index (χ3n) is 2.70. The molecule has 0 heterocycles. The molecule has 0 radical (unpaired) electrons. The van der Waals surface area contributed by atoms with E-state index in [0.29, 0.717) is 13.2 Å². The maximum absolute atomic E-state index is 11.0. The van der Waals surface area contributed by atoms with Crippen LogP contribution in [-0.2, 0) is 14.6 Å². The fraction of sp³-hybridized carbons (Fsp3) is 1.00.